The molecule has 4 N–H and O–H groups in total. The Balaban J connectivity index is 1.27. The molecule has 43 heavy (non-hydrogen) atoms. The molecule has 1 aliphatic carbocycles. The zero-order valence-electron chi connectivity index (χ0n) is 24.9. The number of ether oxygens (including phenoxy) is 1. The van der Waals surface area contributed by atoms with Crippen LogP contribution in [-0.2, 0) is 14.3 Å². The number of rotatable bonds is 7. The van der Waals surface area contributed by atoms with Crippen molar-refractivity contribution in [2.45, 2.75) is 70.4 Å². The summed E-state index contributed by atoms with van der Waals surface area (Å²) in [5.74, 6) is -1.35. The van der Waals surface area contributed by atoms with E-state index in [9.17, 15) is 24.3 Å². The van der Waals surface area contributed by atoms with Crippen LogP contribution in [0.2, 0.25) is 0 Å². The maximum absolute atomic E-state index is 13.9. The molecule has 1 aromatic heterocycles. The Bertz CT molecular complexity index is 1490. The normalized spacial score (nSPS) is 22.3. The standard InChI is InChI=1S/C33H40N4O6/c1-33(2,3)43-32(42)34-19-20-9-11-22(12-10-20)30(39)37-16-15-25(21-7-5-4-6-8-21)28(37)29(38)35-24-13-14-26-23(17-24)18-27(36-26)31(40)41/h4-8,13-14,17-18,20,22,25,28,36H,9-12,15-16,19H2,1-3H3,(H,34,42)(H,35,38)(H,40,41)/t20?,22?,25-,28?/m0/s1. The average molecular weight is 589 g/mol. The molecular formula is C33H40N4O6. The highest BCUT2D eigenvalue weighted by atomic mass is 16.6. The van der Waals surface area contributed by atoms with E-state index in [0.717, 1.165) is 18.4 Å². The van der Waals surface area contributed by atoms with Gasteiger partial charge in [-0.1, -0.05) is 30.3 Å². The predicted octanol–water partition coefficient (Wildman–Crippen LogP) is 5.52. The Morgan fingerprint density at radius 2 is 1.70 bits per heavy atom. The van der Waals surface area contributed by atoms with Gasteiger partial charge in [-0.05, 0) is 88.6 Å². The maximum atomic E-state index is 13.9. The van der Waals surface area contributed by atoms with Crippen LogP contribution in [0.3, 0.4) is 0 Å². The number of nitrogens with zero attached hydrogens (tertiary/aromatic N) is 1. The lowest BCUT2D eigenvalue weighted by atomic mass is 9.81. The molecule has 1 saturated carbocycles. The summed E-state index contributed by atoms with van der Waals surface area (Å²) in [4.78, 5) is 55.8. The van der Waals surface area contributed by atoms with Gasteiger partial charge in [0.05, 0.1) is 0 Å². The van der Waals surface area contributed by atoms with Crippen molar-refractivity contribution < 1.29 is 29.0 Å². The Morgan fingerprint density at radius 1 is 0.977 bits per heavy atom. The highest BCUT2D eigenvalue weighted by Crippen LogP contribution is 2.38. The van der Waals surface area contributed by atoms with Gasteiger partial charge in [-0.15, -0.1) is 0 Å². The van der Waals surface area contributed by atoms with Crippen molar-refractivity contribution in [1.82, 2.24) is 15.2 Å². The molecule has 2 heterocycles. The monoisotopic (exact) mass is 588 g/mol. The van der Waals surface area contributed by atoms with Gasteiger partial charge in [0, 0.05) is 41.5 Å². The number of carbonyl (C=O) groups is 4. The minimum Gasteiger partial charge on any atom is -0.477 e. The van der Waals surface area contributed by atoms with E-state index >= 15 is 0 Å². The van der Waals surface area contributed by atoms with E-state index in [0.29, 0.717) is 48.9 Å². The molecule has 0 spiro atoms. The lowest BCUT2D eigenvalue weighted by molar-refractivity contribution is -0.141. The second kappa shape index (κ2) is 12.5. The number of carbonyl (C=O) groups excluding carboxylic acids is 3. The minimum atomic E-state index is -1.05. The number of hydrogen-bond acceptors (Lipinski definition) is 5. The summed E-state index contributed by atoms with van der Waals surface area (Å²) in [5, 5.41) is 15.8. The number of carboxylic acids is 1. The van der Waals surface area contributed by atoms with Crippen LogP contribution >= 0.6 is 0 Å². The number of aromatic carboxylic acids is 1. The second-order valence-electron chi connectivity index (χ2n) is 12.7. The van der Waals surface area contributed by atoms with E-state index < -0.39 is 23.7 Å². The van der Waals surface area contributed by atoms with Crippen LogP contribution in [0, 0.1) is 11.8 Å². The third-order valence-electron chi connectivity index (χ3n) is 8.43. The smallest absolute Gasteiger partial charge is 0.407 e. The van der Waals surface area contributed by atoms with Gasteiger partial charge in [0.2, 0.25) is 11.8 Å². The second-order valence-corrected chi connectivity index (χ2v) is 12.7. The summed E-state index contributed by atoms with van der Waals surface area (Å²) in [6.45, 7) is 6.49. The summed E-state index contributed by atoms with van der Waals surface area (Å²) in [6.07, 6.45) is 3.29. The number of benzene rings is 2. The van der Waals surface area contributed by atoms with Gasteiger partial charge in [-0.25, -0.2) is 9.59 Å². The fraction of sp³-hybridized carbons (Fsp3) is 0.455. The van der Waals surface area contributed by atoms with Gasteiger partial charge in [-0.3, -0.25) is 9.59 Å². The molecule has 10 heteroatoms. The molecule has 2 atom stereocenters. The number of likely N-dealkylation sites (tertiary alicyclic amines) is 1. The Morgan fingerprint density at radius 3 is 2.37 bits per heavy atom. The van der Waals surface area contributed by atoms with Crippen LogP contribution in [0.5, 0.6) is 0 Å². The summed E-state index contributed by atoms with van der Waals surface area (Å²) in [5.41, 5.74) is 1.74. The van der Waals surface area contributed by atoms with E-state index in [1.165, 1.54) is 6.07 Å². The quantitative estimate of drug-likeness (QED) is 0.286. The van der Waals surface area contributed by atoms with Crippen molar-refractivity contribution in [3.63, 3.8) is 0 Å². The lowest BCUT2D eigenvalue weighted by Gasteiger charge is -2.34. The van der Waals surface area contributed by atoms with E-state index in [4.69, 9.17) is 4.74 Å². The lowest BCUT2D eigenvalue weighted by Crippen LogP contribution is -2.48. The highest BCUT2D eigenvalue weighted by Gasteiger charge is 2.44. The van der Waals surface area contributed by atoms with Crippen molar-refractivity contribution in [2.24, 2.45) is 11.8 Å². The first-order valence-corrected chi connectivity index (χ1v) is 15.0. The van der Waals surface area contributed by atoms with Crippen molar-refractivity contribution in [3.05, 3.63) is 65.9 Å². The van der Waals surface area contributed by atoms with Crippen molar-refractivity contribution in [3.8, 4) is 0 Å². The third kappa shape index (κ3) is 7.18. The topological polar surface area (TPSA) is 141 Å². The molecule has 3 aromatic rings. The van der Waals surface area contributed by atoms with Crippen LogP contribution in [0.15, 0.2) is 54.6 Å². The maximum Gasteiger partial charge on any atom is 0.407 e. The third-order valence-corrected chi connectivity index (χ3v) is 8.43. The Hall–Kier alpha value is -4.34. The van der Waals surface area contributed by atoms with Gasteiger partial charge in [0.25, 0.3) is 0 Å². The van der Waals surface area contributed by atoms with Crippen molar-refractivity contribution in [1.29, 1.82) is 0 Å². The van der Waals surface area contributed by atoms with E-state index in [-0.39, 0.29) is 35.3 Å². The molecule has 1 aliphatic heterocycles. The molecule has 3 amide bonds. The molecule has 10 nitrogen and oxygen atoms in total. The van der Waals surface area contributed by atoms with Crippen molar-refractivity contribution >= 4 is 40.5 Å². The number of H-pyrrole nitrogens is 1. The Kier molecular flexibility index (Phi) is 8.75. The van der Waals surface area contributed by atoms with Gasteiger partial charge >= 0.3 is 12.1 Å². The molecule has 2 fully saturated rings. The number of anilines is 1. The highest BCUT2D eigenvalue weighted by molar-refractivity contribution is 6.01. The number of amides is 3. The first kappa shape index (κ1) is 30.1. The van der Waals surface area contributed by atoms with Crippen LogP contribution in [-0.4, -0.2) is 63.6 Å². The first-order chi connectivity index (χ1) is 20.5. The summed E-state index contributed by atoms with van der Waals surface area (Å²) in [6, 6.07) is 15.9. The fourth-order valence-corrected chi connectivity index (χ4v) is 6.34. The van der Waals surface area contributed by atoms with Crippen LogP contribution in [0.4, 0.5) is 10.5 Å². The first-order valence-electron chi connectivity index (χ1n) is 15.0. The van der Waals surface area contributed by atoms with Crippen LogP contribution in [0.1, 0.15) is 74.8 Å². The zero-order valence-corrected chi connectivity index (χ0v) is 24.9. The summed E-state index contributed by atoms with van der Waals surface area (Å²) >= 11 is 0. The molecule has 228 valence electrons. The molecule has 2 aromatic carbocycles. The van der Waals surface area contributed by atoms with Crippen molar-refractivity contribution in [2.75, 3.05) is 18.4 Å². The van der Waals surface area contributed by atoms with E-state index in [1.807, 2.05) is 51.1 Å². The number of alkyl carbamates (subject to hydrolysis) is 1. The molecule has 0 bridgehead atoms. The van der Waals surface area contributed by atoms with E-state index in [2.05, 4.69) is 15.6 Å². The van der Waals surface area contributed by atoms with Gasteiger partial charge in [0.1, 0.15) is 17.3 Å². The van der Waals surface area contributed by atoms with Gasteiger partial charge < -0.3 is 30.4 Å². The number of nitrogens with one attached hydrogen (secondary N) is 3. The summed E-state index contributed by atoms with van der Waals surface area (Å²) in [7, 11) is 0. The number of hydrogen-bond donors (Lipinski definition) is 4. The van der Waals surface area contributed by atoms with Crippen LogP contribution < -0.4 is 10.6 Å². The van der Waals surface area contributed by atoms with Crippen LogP contribution in [0.25, 0.3) is 10.9 Å². The molecule has 0 radical (unpaired) electrons. The average Bonchev–Trinajstić information content (AvgIpc) is 3.61. The SMILES string of the molecule is CC(C)(C)OC(=O)NCC1CCC(C(=O)N2CC[C@@H](c3ccccc3)C2C(=O)Nc2ccc3[nH]c(C(=O)O)cc3c2)CC1. The summed E-state index contributed by atoms with van der Waals surface area (Å²) < 4.78 is 5.34. The number of fused-ring (bicyclic) bond motifs is 1. The van der Waals surface area contributed by atoms with Gasteiger partial charge in [0.15, 0.2) is 0 Å². The molecular weight excluding hydrogens is 548 g/mol. The minimum absolute atomic E-state index is 0.00400. The number of aromatic amines is 1. The largest absolute Gasteiger partial charge is 0.477 e. The molecule has 5 rings (SSSR count). The van der Waals surface area contributed by atoms with E-state index in [1.54, 1.807) is 23.1 Å². The molecule has 1 unspecified atom stereocenters. The van der Waals surface area contributed by atoms with Gasteiger partial charge in [-0.2, -0.15) is 0 Å². The predicted molar refractivity (Wildman–Crippen MR) is 163 cm³/mol. The zero-order chi connectivity index (χ0) is 30.7. The molecule has 2 aliphatic rings. The number of carboxylic acid groups (broad SMARTS) is 1. The molecule has 1 saturated heterocycles. The fourth-order valence-electron chi connectivity index (χ4n) is 6.34. The Labute approximate surface area is 251 Å². The number of aromatic nitrogens is 1.